The van der Waals surface area contributed by atoms with Gasteiger partial charge < -0.3 is 10.1 Å². The van der Waals surface area contributed by atoms with Gasteiger partial charge in [0.25, 0.3) is 0 Å². The van der Waals surface area contributed by atoms with Gasteiger partial charge in [0, 0.05) is 18.3 Å². The van der Waals surface area contributed by atoms with E-state index in [4.69, 9.17) is 4.74 Å². The molecule has 102 valence electrons. The van der Waals surface area contributed by atoms with E-state index in [0.29, 0.717) is 11.8 Å². The molecule has 4 nitrogen and oxygen atoms in total. The largest absolute Gasteiger partial charge is 0.475 e. The molecular weight excluding hydrogens is 246 g/mol. The molecule has 0 atom stereocenters. The molecule has 0 amide bonds. The molecule has 0 aliphatic rings. The molecule has 18 heavy (non-hydrogen) atoms. The van der Waals surface area contributed by atoms with E-state index < -0.39 is 0 Å². The van der Waals surface area contributed by atoms with Crippen LogP contribution in [0.1, 0.15) is 32.9 Å². The van der Waals surface area contributed by atoms with E-state index in [1.165, 1.54) is 11.5 Å². The zero-order valence-electron chi connectivity index (χ0n) is 11.7. The van der Waals surface area contributed by atoms with Gasteiger partial charge in [0.05, 0.1) is 6.10 Å². The SMILES string of the molecule is CCSCCCNc1nc(C)cc(OC(C)C)n1. The third-order valence-corrected chi connectivity index (χ3v) is 3.13. The highest BCUT2D eigenvalue weighted by Gasteiger charge is 2.04. The molecule has 0 bridgehead atoms. The van der Waals surface area contributed by atoms with Crippen molar-refractivity contribution in [3.05, 3.63) is 11.8 Å². The van der Waals surface area contributed by atoms with Gasteiger partial charge in [-0.25, -0.2) is 4.98 Å². The first kappa shape index (κ1) is 15.1. The lowest BCUT2D eigenvalue weighted by atomic mass is 10.4. The summed E-state index contributed by atoms with van der Waals surface area (Å²) in [7, 11) is 0. The molecule has 0 unspecified atom stereocenters. The summed E-state index contributed by atoms with van der Waals surface area (Å²) in [6, 6.07) is 1.86. The molecule has 1 heterocycles. The van der Waals surface area contributed by atoms with Gasteiger partial charge in [0.15, 0.2) is 0 Å². The van der Waals surface area contributed by atoms with E-state index >= 15 is 0 Å². The predicted octanol–water partition coefficient (Wildman–Crippen LogP) is 3.13. The standard InChI is InChI=1S/C13H23N3OS/c1-5-18-8-6-7-14-13-15-11(4)9-12(16-13)17-10(2)3/h9-10H,5-8H2,1-4H3,(H,14,15,16). The maximum absolute atomic E-state index is 5.59. The van der Waals surface area contributed by atoms with Crippen molar-refractivity contribution < 1.29 is 4.74 Å². The summed E-state index contributed by atoms with van der Waals surface area (Å²) in [6.07, 6.45) is 1.25. The molecule has 0 fully saturated rings. The highest BCUT2D eigenvalue weighted by atomic mass is 32.2. The van der Waals surface area contributed by atoms with E-state index in [1.807, 2.05) is 38.6 Å². The number of ether oxygens (including phenoxy) is 1. The molecule has 1 N–H and O–H groups in total. The van der Waals surface area contributed by atoms with Crippen molar-refractivity contribution in [3.63, 3.8) is 0 Å². The maximum atomic E-state index is 5.59. The predicted molar refractivity (Wildman–Crippen MR) is 78.6 cm³/mol. The third-order valence-electron chi connectivity index (χ3n) is 2.14. The van der Waals surface area contributed by atoms with E-state index in [9.17, 15) is 0 Å². The quantitative estimate of drug-likeness (QED) is 0.735. The first-order valence-corrected chi connectivity index (χ1v) is 7.61. The molecule has 1 aromatic rings. The number of hydrogen-bond acceptors (Lipinski definition) is 5. The number of aromatic nitrogens is 2. The average Bonchev–Trinajstić information content (AvgIpc) is 2.27. The summed E-state index contributed by atoms with van der Waals surface area (Å²) < 4.78 is 5.59. The molecule has 0 aliphatic carbocycles. The van der Waals surface area contributed by atoms with Crippen molar-refractivity contribution in [1.82, 2.24) is 9.97 Å². The van der Waals surface area contributed by atoms with E-state index in [2.05, 4.69) is 22.2 Å². The number of nitrogens with one attached hydrogen (secondary N) is 1. The Kier molecular flexibility index (Phi) is 6.86. The molecule has 0 spiro atoms. The zero-order valence-corrected chi connectivity index (χ0v) is 12.5. The summed E-state index contributed by atoms with van der Waals surface area (Å²) in [5.41, 5.74) is 0.922. The fourth-order valence-electron chi connectivity index (χ4n) is 1.44. The smallest absolute Gasteiger partial charge is 0.226 e. The molecule has 0 radical (unpaired) electrons. The van der Waals surface area contributed by atoms with Crippen LogP contribution in [0.5, 0.6) is 5.88 Å². The number of nitrogens with zero attached hydrogens (tertiary/aromatic N) is 2. The fourth-order valence-corrected chi connectivity index (χ4v) is 2.08. The van der Waals surface area contributed by atoms with Gasteiger partial charge in [-0.2, -0.15) is 16.7 Å². The second-order valence-corrected chi connectivity index (χ2v) is 5.71. The van der Waals surface area contributed by atoms with Crippen LogP contribution in [0.25, 0.3) is 0 Å². The molecule has 0 aromatic carbocycles. The Balaban J connectivity index is 2.46. The van der Waals surface area contributed by atoms with Crippen LogP contribution in [-0.4, -0.2) is 34.1 Å². The monoisotopic (exact) mass is 269 g/mol. The van der Waals surface area contributed by atoms with Gasteiger partial charge in [-0.15, -0.1) is 0 Å². The Labute approximate surface area is 114 Å². The van der Waals surface area contributed by atoms with Crippen LogP contribution in [-0.2, 0) is 0 Å². The van der Waals surface area contributed by atoms with Crippen molar-refractivity contribution >= 4 is 17.7 Å². The molecule has 0 saturated heterocycles. The number of thioether (sulfide) groups is 1. The Morgan fingerprint density at radius 3 is 2.83 bits per heavy atom. The van der Waals surface area contributed by atoms with Crippen LogP contribution in [0.15, 0.2) is 6.07 Å². The minimum atomic E-state index is 0.133. The van der Waals surface area contributed by atoms with Crippen LogP contribution in [0, 0.1) is 6.92 Å². The number of hydrogen-bond donors (Lipinski definition) is 1. The van der Waals surface area contributed by atoms with E-state index in [0.717, 1.165) is 18.7 Å². The fraction of sp³-hybridized carbons (Fsp3) is 0.692. The first-order chi connectivity index (χ1) is 8.61. The molecule has 1 aromatic heterocycles. The molecule has 0 aliphatic heterocycles. The first-order valence-electron chi connectivity index (χ1n) is 6.45. The van der Waals surface area contributed by atoms with Gasteiger partial charge in [0.2, 0.25) is 11.8 Å². The molecule has 1 rings (SSSR count). The summed E-state index contributed by atoms with van der Waals surface area (Å²) >= 11 is 1.95. The van der Waals surface area contributed by atoms with Crippen LogP contribution in [0.4, 0.5) is 5.95 Å². The minimum absolute atomic E-state index is 0.133. The maximum Gasteiger partial charge on any atom is 0.226 e. The molecular formula is C13H23N3OS. The number of rotatable bonds is 8. The zero-order chi connectivity index (χ0) is 13.4. The van der Waals surface area contributed by atoms with Crippen molar-refractivity contribution in [1.29, 1.82) is 0 Å². The Hall–Kier alpha value is -0.970. The average molecular weight is 269 g/mol. The number of anilines is 1. The van der Waals surface area contributed by atoms with Crippen LogP contribution in [0.3, 0.4) is 0 Å². The van der Waals surface area contributed by atoms with E-state index in [-0.39, 0.29) is 6.10 Å². The Morgan fingerprint density at radius 1 is 1.39 bits per heavy atom. The van der Waals surface area contributed by atoms with Crippen LogP contribution < -0.4 is 10.1 Å². The van der Waals surface area contributed by atoms with Crippen molar-refractivity contribution in [2.75, 3.05) is 23.4 Å². The summed E-state index contributed by atoms with van der Waals surface area (Å²) in [5, 5.41) is 3.24. The lowest BCUT2D eigenvalue weighted by molar-refractivity contribution is 0.232. The van der Waals surface area contributed by atoms with Crippen molar-refractivity contribution in [3.8, 4) is 5.88 Å². The van der Waals surface area contributed by atoms with Gasteiger partial charge >= 0.3 is 0 Å². The lowest BCUT2D eigenvalue weighted by Gasteiger charge is -2.11. The van der Waals surface area contributed by atoms with Crippen LogP contribution in [0.2, 0.25) is 0 Å². The van der Waals surface area contributed by atoms with Gasteiger partial charge in [-0.3, -0.25) is 0 Å². The molecule has 0 saturated carbocycles. The van der Waals surface area contributed by atoms with Crippen molar-refractivity contribution in [2.24, 2.45) is 0 Å². The second kappa shape index (κ2) is 8.19. The highest BCUT2D eigenvalue weighted by Crippen LogP contribution is 2.13. The summed E-state index contributed by atoms with van der Waals surface area (Å²) in [5.74, 6) is 3.65. The number of aryl methyl sites for hydroxylation is 1. The Morgan fingerprint density at radius 2 is 2.17 bits per heavy atom. The normalized spacial score (nSPS) is 10.7. The topological polar surface area (TPSA) is 47.0 Å². The van der Waals surface area contributed by atoms with Gasteiger partial charge in [-0.05, 0) is 38.7 Å². The van der Waals surface area contributed by atoms with Gasteiger partial charge in [-0.1, -0.05) is 6.92 Å². The summed E-state index contributed by atoms with van der Waals surface area (Å²) in [4.78, 5) is 8.69. The van der Waals surface area contributed by atoms with Crippen LogP contribution >= 0.6 is 11.8 Å². The third kappa shape index (κ3) is 6.10. The summed E-state index contributed by atoms with van der Waals surface area (Å²) in [6.45, 7) is 9.01. The second-order valence-electron chi connectivity index (χ2n) is 4.32. The molecule has 5 heteroatoms. The highest BCUT2D eigenvalue weighted by molar-refractivity contribution is 7.99. The minimum Gasteiger partial charge on any atom is -0.475 e. The van der Waals surface area contributed by atoms with Gasteiger partial charge in [0.1, 0.15) is 0 Å². The van der Waals surface area contributed by atoms with E-state index in [1.54, 1.807) is 0 Å². The van der Waals surface area contributed by atoms with Crippen molar-refractivity contribution in [2.45, 2.75) is 40.2 Å². The lowest BCUT2D eigenvalue weighted by Crippen LogP contribution is -2.11. The Bertz CT molecular complexity index is 358.